The van der Waals surface area contributed by atoms with E-state index in [4.69, 9.17) is 0 Å². The maximum absolute atomic E-state index is 14.2. The number of ketones is 1. The van der Waals surface area contributed by atoms with Gasteiger partial charge >= 0.3 is 0 Å². The summed E-state index contributed by atoms with van der Waals surface area (Å²) in [5.41, 5.74) is -1.33. The molecule has 0 heterocycles. The van der Waals surface area contributed by atoms with Crippen LogP contribution in [0.2, 0.25) is 0 Å². The molecule has 0 aromatic heterocycles. The first-order valence-corrected chi connectivity index (χ1v) is 6.59. The van der Waals surface area contributed by atoms with Gasteiger partial charge in [-0.1, -0.05) is 37.1 Å². The van der Waals surface area contributed by atoms with Gasteiger partial charge in [-0.15, -0.1) is 0 Å². The van der Waals surface area contributed by atoms with Crippen LogP contribution in [0.25, 0.3) is 0 Å². The van der Waals surface area contributed by atoms with Crippen molar-refractivity contribution in [2.24, 2.45) is 5.92 Å². The van der Waals surface area contributed by atoms with Gasteiger partial charge in [0.25, 0.3) is 0 Å². The maximum atomic E-state index is 14.2. The third kappa shape index (κ3) is 10.5. The molecule has 16 heavy (non-hydrogen) atoms. The molecule has 2 atom stereocenters. The Labute approximate surface area is 102 Å². The normalized spacial score (nSPS) is 14.0. The van der Waals surface area contributed by atoms with Crippen LogP contribution >= 0.6 is 9.39 Å². The summed E-state index contributed by atoms with van der Waals surface area (Å²) in [6.07, 6.45) is 0.894. The van der Waals surface area contributed by atoms with Gasteiger partial charge < -0.3 is 5.09 Å². The minimum Gasteiger partial charge on any atom is -0.301 e. The van der Waals surface area contributed by atoms with Gasteiger partial charge in [0.1, 0.15) is 11.5 Å². The molecule has 0 bridgehead atoms. The number of alkyl halides is 1. The summed E-state index contributed by atoms with van der Waals surface area (Å²) in [5, 5.41) is 2.84. The van der Waals surface area contributed by atoms with E-state index < -0.39 is 5.67 Å². The molecule has 0 radical (unpaired) electrons. The number of rotatable bonds is 7. The lowest BCUT2D eigenvalue weighted by Crippen LogP contribution is -2.30. The van der Waals surface area contributed by atoms with E-state index in [9.17, 15) is 9.18 Å². The van der Waals surface area contributed by atoms with Gasteiger partial charge in [0.15, 0.2) is 0 Å². The Balaban J connectivity index is 0. The predicted octanol–water partition coefficient (Wildman–Crippen LogP) is 3.52. The molecular formula is C12H27FNOP. The molecule has 1 N–H and O–H groups in total. The minimum absolute atomic E-state index is 0.0392. The lowest BCUT2D eigenvalue weighted by atomic mass is 9.87. The van der Waals surface area contributed by atoms with E-state index in [0.29, 0.717) is 19.4 Å². The van der Waals surface area contributed by atoms with Crippen LogP contribution in [0.1, 0.15) is 53.9 Å². The predicted molar refractivity (Wildman–Crippen MR) is 72.3 cm³/mol. The maximum Gasteiger partial charge on any atom is 0.133 e. The zero-order valence-corrected chi connectivity index (χ0v) is 12.4. The number of halogens is 1. The molecular weight excluding hydrogens is 224 g/mol. The van der Waals surface area contributed by atoms with E-state index in [0.717, 1.165) is 0 Å². The third-order valence-electron chi connectivity index (χ3n) is 2.06. The summed E-state index contributed by atoms with van der Waals surface area (Å²) in [7, 11) is 2.35. The molecule has 0 aliphatic carbocycles. The number of carbonyl (C=O) groups excluding carboxylic acids is 1. The van der Waals surface area contributed by atoms with E-state index in [1.54, 1.807) is 0 Å². The topological polar surface area (TPSA) is 29.1 Å². The first-order valence-electron chi connectivity index (χ1n) is 6.01. The van der Waals surface area contributed by atoms with Crippen molar-refractivity contribution < 1.29 is 9.18 Å². The second-order valence-electron chi connectivity index (χ2n) is 4.33. The standard InChI is InChI=1S/C10H21FNOP.C2H6/c1-8(2)6-10(11,4-5-12-14)7-9(3)13;1-2/h8,12H,4-7,14H2,1-3H3;1-2H3. The summed E-state index contributed by atoms with van der Waals surface area (Å²) in [6.45, 7) is 9.98. The lowest BCUT2D eigenvalue weighted by Gasteiger charge is -2.26. The van der Waals surface area contributed by atoms with E-state index in [2.05, 4.69) is 14.5 Å². The van der Waals surface area contributed by atoms with Gasteiger partial charge in [0.2, 0.25) is 0 Å². The number of carbonyl (C=O) groups is 1. The third-order valence-corrected chi connectivity index (χ3v) is 2.35. The van der Waals surface area contributed by atoms with Crippen molar-refractivity contribution in [3.63, 3.8) is 0 Å². The summed E-state index contributed by atoms with van der Waals surface area (Å²) in [6, 6.07) is 0. The highest BCUT2D eigenvalue weighted by Gasteiger charge is 2.31. The minimum atomic E-state index is -1.33. The molecule has 0 fully saturated rings. The summed E-state index contributed by atoms with van der Waals surface area (Å²) < 4.78 is 14.2. The van der Waals surface area contributed by atoms with Gasteiger partial charge in [-0.2, -0.15) is 0 Å². The van der Waals surface area contributed by atoms with Gasteiger partial charge in [0, 0.05) is 13.0 Å². The molecule has 2 nitrogen and oxygen atoms in total. The van der Waals surface area contributed by atoms with E-state index in [1.165, 1.54) is 6.92 Å². The average molecular weight is 251 g/mol. The van der Waals surface area contributed by atoms with Crippen molar-refractivity contribution in [1.82, 2.24) is 5.09 Å². The monoisotopic (exact) mass is 251 g/mol. The second kappa shape index (κ2) is 10.2. The number of nitrogens with one attached hydrogen (secondary N) is 1. The highest BCUT2D eigenvalue weighted by Crippen LogP contribution is 2.29. The Morgan fingerprint density at radius 1 is 1.44 bits per heavy atom. The van der Waals surface area contributed by atoms with Crippen molar-refractivity contribution in [3.05, 3.63) is 0 Å². The van der Waals surface area contributed by atoms with Crippen molar-refractivity contribution >= 4 is 15.2 Å². The molecule has 0 aliphatic rings. The van der Waals surface area contributed by atoms with Crippen LogP contribution in [-0.4, -0.2) is 18.0 Å². The quantitative estimate of drug-likeness (QED) is 0.701. The molecule has 4 heteroatoms. The smallest absolute Gasteiger partial charge is 0.133 e. The average Bonchev–Trinajstić information content (AvgIpc) is 2.15. The van der Waals surface area contributed by atoms with Gasteiger partial charge in [-0.05, 0) is 25.7 Å². The Morgan fingerprint density at radius 3 is 2.25 bits per heavy atom. The molecule has 98 valence electrons. The van der Waals surface area contributed by atoms with Gasteiger partial charge in [-0.25, -0.2) is 4.39 Å². The van der Waals surface area contributed by atoms with Crippen molar-refractivity contribution in [2.75, 3.05) is 6.54 Å². The zero-order chi connectivity index (χ0) is 13.2. The SMILES string of the molecule is CC.CC(=O)CC(F)(CCNP)CC(C)C. The van der Waals surface area contributed by atoms with Crippen LogP contribution in [0.4, 0.5) is 4.39 Å². The number of hydrogen-bond donors (Lipinski definition) is 1. The van der Waals surface area contributed by atoms with E-state index in [-0.39, 0.29) is 18.1 Å². The Hall–Kier alpha value is -0.0100. The Bertz CT molecular complexity index is 188. The molecule has 0 amide bonds. The van der Waals surface area contributed by atoms with Crippen LogP contribution < -0.4 is 5.09 Å². The molecule has 0 aromatic rings. The van der Waals surface area contributed by atoms with Crippen molar-refractivity contribution in [2.45, 2.75) is 59.5 Å². The van der Waals surface area contributed by atoms with Crippen LogP contribution in [0.15, 0.2) is 0 Å². The van der Waals surface area contributed by atoms with E-state index in [1.807, 2.05) is 27.7 Å². The van der Waals surface area contributed by atoms with Crippen LogP contribution in [0.5, 0.6) is 0 Å². The first kappa shape index (κ1) is 18.4. The van der Waals surface area contributed by atoms with Gasteiger partial charge in [0.05, 0.1) is 0 Å². The molecule has 0 saturated heterocycles. The van der Waals surface area contributed by atoms with Crippen molar-refractivity contribution in [3.8, 4) is 0 Å². The van der Waals surface area contributed by atoms with Crippen LogP contribution in [-0.2, 0) is 4.79 Å². The van der Waals surface area contributed by atoms with E-state index >= 15 is 0 Å². The highest BCUT2D eigenvalue weighted by atomic mass is 31.0. The summed E-state index contributed by atoms with van der Waals surface area (Å²) in [4.78, 5) is 10.9. The molecule has 0 aromatic carbocycles. The molecule has 0 rings (SSSR count). The Morgan fingerprint density at radius 2 is 1.94 bits per heavy atom. The fourth-order valence-electron chi connectivity index (χ4n) is 1.74. The first-order chi connectivity index (χ1) is 7.39. The van der Waals surface area contributed by atoms with Crippen molar-refractivity contribution in [1.29, 1.82) is 0 Å². The molecule has 0 spiro atoms. The van der Waals surface area contributed by atoms with Crippen LogP contribution in [0.3, 0.4) is 0 Å². The Kier molecular flexibility index (Phi) is 11.7. The number of hydrogen-bond acceptors (Lipinski definition) is 2. The highest BCUT2D eigenvalue weighted by molar-refractivity contribution is 7.13. The molecule has 0 aliphatic heterocycles. The molecule has 2 unspecified atom stereocenters. The van der Waals surface area contributed by atoms with Gasteiger partial charge in [-0.3, -0.25) is 4.79 Å². The fourth-order valence-corrected chi connectivity index (χ4v) is 1.88. The summed E-state index contributed by atoms with van der Waals surface area (Å²) >= 11 is 0. The largest absolute Gasteiger partial charge is 0.301 e. The molecule has 0 saturated carbocycles. The lowest BCUT2D eigenvalue weighted by molar-refractivity contribution is -0.120. The van der Waals surface area contributed by atoms with Crippen LogP contribution in [0, 0.1) is 5.92 Å². The zero-order valence-electron chi connectivity index (χ0n) is 11.3. The fraction of sp³-hybridized carbons (Fsp3) is 0.917. The second-order valence-corrected chi connectivity index (χ2v) is 4.74. The summed E-state index contributed by atoms with van der Waals surface area (Å²) in [5.74, 6) is 0.209. The number of Topliss-reactive ketones (excluding diaryl/α,β-unsaturated/α-hetero) is 1.